The molecule has 0 amide bonds. The van der Waals surface area contributed by atoms with Crippen LogP contribution in [0.1, 0.15) is 25.0 Å². The number of nitrogens with zero attached hydrogens (tertiary/aromatic N) is 2. The predicted octanol–water partition coefficient (Wildman–Crippen LogP) is 3.16. The van der Waals surface area contributed by atoms with Gasteiger partial charge in [0.2, 0.25) is 5.95 Å². The van der Waals surface area contributed by atoms with Gasteiger partial charge in [-0.3, -0.25) is 4.57 Å². The van der Waals surface area contributed by atoms with Crippen LogP contribution in [0.5, 0.6) is 0 Å². The number of ether oxygens (including phenoxy) is 1. The van der Waals surface area contributed by atoms with Crippen LogP contribution in [-0.4, -0.2) is 28.8 Å². The second-order valence-corrected chi connectivity index (χ2v) is 5.37. The molecule has 4 heteroatoms. The minimum Gasteiger partial charge on any atom is -0.379 e. The Labute approximate surface area is 119 Å². The molecule has 0 radical (unpaired) electrons. The highest BCUT2D eigenvalue weighted by Gasteiger charge is 2.28. The Balaban J connectivity index is 1.87. The van der Waals surface area contributed by atoms with Gasteiger partial charge in [-0.15, -0.1) is 0 Å². The Bertz CT molecular complexity index is 564. The van der Waals surface area contributed by atoms with Crippen LogP contribution in [0.15, 0.2) is 36.5 Å². The van der Waals surface area contributed by atoms with Gasteiger partial charge < -0.3 is 10.1 Å². The summed E-state index contributed by atoms with van der Waals surface area (Å²) >= 11 is 0. The molecule has 2 atom stereocenters. The lowest BCUT2D eigenvalue weighted by atomic mass is 10.2. The number of para-hydroxylation sites is 1. The molecule has 3 rings (SSSR count). The maximum absolute atomic E-state index is 5.55. The molecular weight excluding hydrogens is 250 g/mol. The smallest absolute Gasteiger partial charge is 0.208 e. The molecule has 2 aromatic rings. The van der Waals surface area contributed by atoms with E-state index in [0.29, 0.717) is 6.04 Å². The first-order valence-corrected chi connectivity index (χ1v) is 7.18. The fourth-order valence-electron chi connectivity index (χ4n) is 2.92. The molecule has 2 unspecified atom stereocenters. The fourth-order valence-corrected chi connectivity index (χ4v) is 2.92. The molecule has 0 saturated heterocycles. The van der Waals surface area contributed by atoms with Gasteiger partial charge in [-0.2, -0.15) is 0 Å². The van der Waals surface area contributed by atoms with Gasteiger partial charge >= 0.3 is 0 Å². The molecule has 0 aliphatic heterocycles. The van der Waals surface area contributed by atoms with Gasteiger partial charge in [0.1, 0.15) is 0 Å². The maximum Gasteiger partial charge on any atom is 0.208 e. The number of benzene rings is 1. The van der Waals surface area contributed by atoms with Gasteiger partial charge in [0.05, 0.1) is 17.8 Å². The molecule has 4 nitrogen and oxygen atoms in total. The van der Waals surface area contributed by atoms with Crippen molar-refractivity contribution in [1.29, 1.82) is 0 Å². The third-order valence-electron chi connectivity index (χ3n) is 3.93. The van der Waals surface area contributed by atoms with E-state index < -0.39 is 0 Å². The molecule has 1 fully saturated rings. The van der Waals surface area contributed by atoms with Crippen molar-refractivity contribution < 1.29 is 4.74 Å². The summed E-state index contributed by atoms with van der Waals surface area (Å²) in [5.74, 6) is 0.905. The summed E-state index contributed by atoms with van der Waals surface area (Å²) in [4.78, 5) is 4.62. The monoisotopic (exact) mass is 271 g/mol. The van der Waals surface area contributed by atoms with Crippen molar-refractivity contribution in [2.24, 2.45) is 0 Å². The highest BCUT2D eigenvalue weighted by molar-refractivity contribution is 5.43. The molecule has 0 bridgehead atoms. The van der Waals surface area contributed by atoms with Gasteiger partial charge in [0.15, 0.2) is 0 Å². The number of methoxy groups -OCH3 is 1. The molecule has 1 aliphatic rings. The summed E-state index contributed by atoms with van der Waals surface area (Å²) in [7, 11) is 1.79. The summed E-state index contributed by atoms with van der Waals surface area (Å²) < 4.78 is 7.66. The van der Waals surface area contributed by atoms with Crippen LogP contribution in [0.2, 0.25) is 0 Å². The average Bonchev–Trinajstić information content (AvgIpc) is 3.06. The van der Waals surface area contributed by atoms with E-state index in [1.807, 2.05) is 25.1 Å². The van der Waals surface area contributed by atoms with Crippen molar-refractivity contribution in [2.75, 3.05) is 12.4 Å². The van der Waals surface area contributed by atoms with Crippen LogP contribution in [0.4, 0.5) is 5.95 Å². The maximum atomic E-state index is 5.55. The zero-order valence-corrected chi connectivity index (χ0v) is 12.0. The first-order valence-electron chi connectivity index (χ1n) is 7.18. The molecule has 0 spiro atoms. The lowest BCUT2D eigenvalue weighted by molar-refractivity contribution is 0.101. The van der Waals surface area contributed by atoms with Crippen LogP contribution in [0.25, 0.3) is 5.69 Å². The normalized spacial score (nSPS) is 22.1. The Hall–Kier alpha value is -1.81. The third kappa shape index (κ3) is 2.56. The molecule has 1 saturated carbocycles. The van der Waals surface area contributed by atoms with Crippen molar-refractivity contribution in [2.45, 2.75) is 38.3 Å². The first-order chi connectivity index (χ1) is 9.78. The molecule has 20 heavy (non-hydrogen) atoms. The second-order valence-electron chi connectivity index (χ2n) is 5.37. The number of aryl methyl sites for hydroxylation is 1. The zero-order valence-electron chi connectivity index (χ0n) is 12.0. The minimum absolute atomic E-state index is 0.288. The molecule has 1 aliphatic carbocycles. The highest BCUT2D eigenvalue weighted by atomic mass is 16.5. The molecular formula is C16H21N3O. The predicted molar refractivity (Wildman–Crippen MR) is 80.4 cm³/mol. The molecule has 1 N–H and O–H groups in total. The van der Waals surface area contributed by atoms with Gasteiger partial charge in [-0.05, 0) is 38.3 Å². The fraction of sp³-hybridized carbons (Fsp3) is 0.438. The van der Waals surface area contributed by atoms with E-state index in [-0.39, 0.29) is 6.10 Å². The largest absolute Gasteiger partial charge is 0.379 e. The van der Waals surface area contributed by atoms with E-state index in [9.17, 15) is 0 Å². The van der Waals surface area contributed by atoms with Crippen LogP contribution in [0.3, 0.4) is 0 Å². The minimum atomic E-state index is 0.288. The van der Waals surface area contributed by atoms with Crippen molar-refractivity contribution in [3.63, 3.8) is 0 Å². The number of aromatic nitrogens is 2. The Morgan fingerprint density at radius 1 is 1.25 bits per heavy atom. The van der Waals surface area contributed by atoms with Gasteiger partial charge in [0, 0.05) is 19.0 Å². The standard InChI is InChI=1S/C16H21N3O/c1-12-11-19(13-7-4-3-5-8-13)16(17-12)18-14-9-6-10-15(14)20-2/h3-5,7-8,11,14-15H,6,9-10H2,1-2H3,(H,17,18). The number of imidazole rings is 1. The van der Waals surface area contributed by atoms with Crippen molar-refractivity contribution >= 4 is 5.95 Å². The Morgan fingerprint density at radius 3 is 2.80 bits per heavy atom. The second kappa shape index (κ2) is 5.67. The summed E-state index contributed by atoms with van der Waals surface area (Å²) in [6.07, 6.45) is 5.82. The Morgan fingerprint density at radius 2 is 2.05 bits per heavy atom. The molecule has 1 heterocycles. The number of rotatable bonds is 4. The van der Waals surface area contributed by atoms with Crippen LogP contribution in [-0.2, 0) is 4.74 Å². The topological polar surface area (TPSA) is 39.1 Å². The zero-order chi connectivity index (χ0) is 13.9. The van der Waals surface area contributed by atoms with Gasteiger partial charge in [-0.1, -0.05) is 18.2 Å². The van der Waals surface area contributed by atoms with E-state index in [2.05, 4.69) is 33.2 Å². The lowest BCUT2D eigenvalue weighted by Gasteiger charge is -2.20. The van der Waals surface area contributed by atoms with E-state index >= 15 is 0 Å². The Kier molecular flexibility index (Phi) is 3.74. The summed E-state index contributed by atoms with van der Waals surface area (Å²) in [6.45, 7) is 2.02. The first kappa shape index (κ1) is 13.2. The number of hydrogen-bond donors (Lipinski definition) is 1. The van der Waals surface area contributed by atoms with Gasteiger partial charge in [-0.25, -0.2) is 4.98 Å². The average molecular weight is 271 g/mol. The molecule has 106 valence electrons. The van der Waals surface area contributed by atoms with Gasteiger partial charge in [0.25, 0.3) is 0 Å². The summed E-state index contributed by atoms with van der Waals surface area (Å²) in [5, 5.41) is 3.56. The van der Waals surface area contributed by atoms with E-state index in [1.54, 1.807) is 7.11 Å². The highest BCUT2D eigenvalue weighted by Crippen LogP contribution is 2.26. The van der Waals surface area contributed by atoms with Crippen molar-refractivity contribution in [3.8, 4) is 5.69 Å². The lowest BCUT2D eigenvalue weighted by Crippen LogP contribution is -2.30. The van der Waals surface area contributed by atoms with Crippen LogP contribution >= 0.6 is 0 Å². The summed E-state index contributed by atoms with van der Waals surface area (Å²) in [5.41, 5.74) is 2.14. The number of hydrogen-bond acceptors (Lipinski definition) is 3. The van der Waals surface area contributed by atoms with E-state index in [0.717, 1.165) is 30.2 Å². The molecule has 1 aromatic carbocycles. The number of nitrogens with one attached hydrogen (secondary N) is 1. The van der Waals surface area contributed by atoms with Crippen molar-refractivity contribution in [1.82, 2.24) is 9.55 Å². The molecule has 1 aromatic heterocycles. The summed E-state index contributed by atoms with van der Waals surface area (Å²) in [6, 6.07) is 10.6. The SMILES string of the molecule is COC1CCCC1Nc1nc(C)cn1-c1ccccc1. The quantitative estimate of drug-likeness (QED) is 0.928. The van der Waals surface area contributed by atoms with E-state index in [1.165, 1.54) is 6.42 Å². The number of anilines is 1. The van der Waals surface area contributed by atoms with Crippen LogP contribution in [0, 0.1) is 6.92 Å². The van der Waals surface area contributed by atoms with Crippen molar-refractivity contribution in [3.05, 3.63) is 42.2 Å². The third-order valence-corrected chi connectivity index (χ3v) is 3.93. The van der Waals surface area contributed by atoms with E-state index in [4.69, 9.17) is 4.74 Å². The van der Waals surface area contributed by atoms with Crippen LogP contribution < -0.4 is 5.32 Å².